The quantitative estimate of drug-likeness (QED) is 0.839. The molecule has 1 fully saturated rings. The van der Waals surface area contributed by atoms with E-state index in [0.717, 1.165) is 11.1 Å². The molecule has 1 saturated heterocycles. The van der Waals surface area contributed by atoms with Crippen molar-refractivity contribution in [1.82, 2.24) is 10.2 Å². The monoisotopic (exact) mass is 352 g/mol. The van der Waals surface area contributed by atoms with Crippen molar-refractivity contribution in [2.45, 2.75) is 25.4 Å². The van der Waals surface area contributed by atoms with E-state index in [1.54, 1.807) is 0 Å². The second-order valence-corrected chi connectivity index (χ2v) is 6.76. The summed E-state index contributed by atoms with van der Waals surface area (Å²) in [5.74, 6) is -1.26. The molecule has 0 saturated carbocycles. The highest BCUT2D eigenvalue weighted by Gasteiger charge is 2.33. The lowest BCUT2D eigenvalue weighted by Gasteiger charge is -2.27. The Morgan fingerprint density at radius 2 is 1.58 bits per heavy atom. The van der Waals surface area contributed by atoms with Crippen molar-refractivity contribution in [3.63, 3.8) is 0 Å². The van der Waals surface area contributed by atoms with Crippen molar-refractivity contribution in [2.75, 3.05) is 13.1 Å². The van der Waals surface area contributed by atoms with E-state index in [4.69, 9.17) is 5.11 Å². The van der Waals surface area contributed by atoms with Gasteiger partial charge in [0.2, 0.25) is 5.91 Å². The van der Waals surface area contributed by atoms with E-state index < -0.39 is 5.97 Å². The van der Waals surface area contributed by atoms with Crippen LogP contribution in [0.25, 0.3) is 0 Å². The molecule has 2 atom stereocenters. The molecule has 2 unspecified atom stereocenters. The highest BCUT2D eigenvalue weighted by Crippen LogP contribution is 2.23. The Bertz CT molecular complexity index is 709. The smallest absolute Gasteiger partial charge is 0.307 e. The first-order valence-corrected chi connectivity index (χ1v) is 8.93. The summed E-state index contributed by atoms with van der Waals surface area (Å²) in [6, 6.07) is 19.1. The number of likely N-dealkylation sites (tertiary alicyclic amines) is 1. The number of nitrogens with zero attached hydrogens (tertiary/aromatic N) is 1. The van der Waals surface area contributed by atoms with Gasteiger partial charge in [0.25, 0.3) is 0 Å². The average Bonchev–Trinajstić information content (AvgIpc) is 3.17. The number of hydrogen-bond acceptors (Lipinski definition) is 3. The van der Waals surface area contributed by atoms with Crippen LogP contribution in [0.3, 0.4) is 0 Å². The van der Waals surface area contributed by atoms with Crippen molar-refractivity contribution >= 4 is 11.9 Å². The van der Waals surface area contributed by atoms with E-state index in [-0.39, 0.29) is 23.9 Å². The van der Waals surface area contributed by atoms with E-state index in [9.17, 15) is 9.59 Å². The molecule has 1 aliphatic rings. The molecule has 5 heteroatoms. The second-order valence-electron chi connectivity index (χ2n) is 6.76. The lowest BCUT2D eigenvalue weighted by atomic mass is 9.98. The van der Waals surface area contributed by atoms with Gasteiger partial charge in [-0.2, -0.15) is 0 Å². The van der Waals surface area contributed by atoms with Gasteiger partial charge in [-0.15, -0.1) is 0 Å². The van der Waals surface area contributed by atoms with Crippen molar-refractivity contribution in [2.24, 2.45) is 5.92 Å². The minimum atomic E-state index is -0.786. The molecule has 1 aliphatic heterocycles. The predicted molar refractivity (Wildman–Crippen MR) is 99.6 cm³/mol. The molecule has 0 radical (unpaired) electrons. The minimum Gasteiger partial charge on any atom is -0.481 e. The Labute approximate surface area is 153 Å². The Morgan fingerprint density at radius 1 is 1.04 bits per heavy atom. The Kier molecular flexibility index (Phi) is 5.68. The van der Waals surface area contributed by atoms with Gasteiger partial charge in [0, 0.05) is 6.54 Å². The fourth-order valence-electron chi connectivity index (χ4n) is 3.42. The third-order valence-corrected chi connectivity index (χ3v) is 5.05. The normalized spacial score (nSPS) is 18.6. The number of hydrogen-bond donors (Lipinski definition) is 2. The summed E-state index contributed by atoms with van der Waals surface area (Å²) in [7, 11) is 0. The first kappa shape index (κ1) is 18.1. The molecule has 1 amide bonds. The molecule has 2 aromatic carbocycles. The molecule has 0 aromatic heterocycles. The van der Waals surface area contributed by atoms with Crippen molar-refractivity contribution in [3.05, 3.63) is 71.8 Å². The summed E-state index contributed by atoms with van der Waals surface area (Å²) >= 11 is 0. The van der Waals surface area contributed by atoms with Crippen LogP contribution in [0, 0.1) is 5.92 Å². The van der Waals surface area contributed by atoms with Crippen LogP contribution >= 0.6 is 0 Å². The zero-order chi connectivity index (χ0) is 18.5. The third kappa shape index (κ3) is 4.11. The molecule has 136 valence electrons. The molecular formula is C21H24N2O3. The van der Waals surface area contributed by atoms with Gasteiger partial charge >= 0.3 is 5.97 Å². The number of aliphatic carboxylic acids is 1. The molecule has 3 rings (SSSR count). The minimum absolute atomic E-state index is 0.0891. The summed E-state index contributed by atoms with van der Waals surface area (Å²) in [6.07, 6.45) is 0.591. The largest absolute Gasteiger partial charge is 0.481 e. The first-order chi connectivity index (χ1) is 12.6. The van der Waals surface area contributed by atoms with E-state index in [0.29, 0.717) is 19.5 Å². The standard InChI is InChI=1S/C21H24N2O3/c1-15(23-13-12-18(14-23)21(25)26)20(24)22-19(16-8-4-2-5-9-16)17-10-6-3-7-11-17/h2-11,15,18-19H,12-14H2,1H3,(H,22,24)(H,25,26). The van der Waals surface area contributed by atoms with Gasteiger partial charge in [0.15, 0.2) is 0 Å². The number of carbonyl (C=O) groups is 2. The van der Waals surface area contributed by atoms with E-state index in [2.05, 4.69) is 5.32 Å². The number of benzene rings is 2. The van der Waals surface area contributed by atoms with Gasteiger partial charge in [0.05, 0.1) is 18.0 Å². The van der Waals surface area contributed by atoms with Gasteiger partial charge in [0.1, 0.15) is 0 Å². The summed E-state index contributed by atoms with van der Waals surface area (Å²) < 4.78 is 0. The highest BCUT2D eigenvalue weighted by atomic mass is 16.4. The summed E-state index contributed by atoms with van der Waals surface area (Å²) in [5, 5.41) is 12.3. The number of nitrogens with one attached hydrogen (secondary N) is 1. The number of amides is 1. The summed E-state index contributed by atoms with van der Waals surface area (Å²) in [5.41, 5.74) is 2.04. The highest BCUT2D eigenvalue weighted by molar-refractivity contribution is 5.82. The van der Waals surface area contributed by atoms with Crippen LogP contribution in [0.15, 0.2) is 60.7 Å². The van der Waals surface area contributed by atoms with Crippen LogP contribution in [-0.2, 0) is 9.59 Å². The van der Waals surface area contributed by atoms with Gasteiger partial charge in [-0.1, -0.05) is 60.7 Å². The summed E-state index contributed by atoms with van der Waals surface area (Å²) in [4.78, 5) is 26.0. The van der Waals surface area contributed by atoms with Crippen LogP contribution in [0.1, 0.15) is 30.5 Å². The van der Waals surface area contributed by atoms with E-state index in [1.807, 2.05) is 72.5 Å². The maximum absolute atomic E-state index is 12.9. The molecule has 5 nitrogen and oxygen atoms in total. The fraction of sp³-hybridized carbons (Fsp3) is 0.333. The SMILES string of the molecule is CC(C(=O)NC(c1ccccc1)c1ccccc1)N1CCC(C(=O)O)C1. The Balaban J connectivity index is 1.75. The molecule has 0 spiro atoms. The molecule has 1 heterocycles. The van der Waals surface area contributed by atoms with Gasteiger partial charge in [-0.05, 0) is 31.0 Å². The summed E-state index contributed by atoms with van der Waals surface area (Å²) in [6.45, 7) is 2.89. The fourth-order valence-corrected chi connectivity index (χ4v) is 3.42. The number of carboxylic acid groups (broad SMARTS) is 1. The van der Waals surface area contributed by atoms with Crippen LogP contribution in [0.5, 0.6) is 0 Å². The molecule has 26 heavy (non-hydrogen) atoms. The van der Waals surface area contributed by atoms with E-state index >= 15 is 0 Å². The van der Waals surface area contributed by atoms with E-state index in [1.165, 1.54) is 0 Å². The molecule has 2 aromatic rings. The lowest BCUT2D eigenvalue weighted by molar-refractivity contribution is -0.141. The number of carboxylic acids is 1. The predicted octanol–water partition coefficient (Wildman–Crippen LogP) is 2.69. The Hall–Kier alpha value is -2.66. The zero-order valence-electron chi connectivity index (χ0n) is 14.8. The van der Waals surface area contributed by atoms with Gasteiger partial charge < -0.3 is 10.4 Å². The van der Waals surface area contributed by atoms with Gasteiger partial charge in [-0.3, -0.25) is 14.5 Å². The van der Waals surface area contributed by atoms with Crippen molar-refractivity contribution < 1.29 is 14.7 Å². The van der Waals surface area contributed by atoms with Crippen LogP contribution < -0.4 is 5.32 Å². The maximum Gasteiger partial charge on any atom is 0.307 e. The molecule has 0 bridgehead atoms. The number of rotatable bonds is 6. The van der Waals surface area contributed by atoms with Crippen LogP contribution in [0.2, 0.25) is 0 Å². The van der Waals surface area contributed by atoms with Gasteiger partial charge in [-0.25, -0.2) is 0 Å². The molecule has 2 N–H and O–H groups in total. The van der Waals surface area contributed by atoms with Crippen molar-refractivity contribution in [3.8, 4) is 0 Å². The second kappa shape index (κ2) is 8.15. The Morgan fingerprint density at radius 3 is 2.04 bits per heavy atom. The first-order valence-electron chi connectivity index (χ1n) is 8.93. The third-order valence-electron chi connectivity index (χ3n) is 5.05. The number of carbonyl (C=O) groups excluding carboxylic acids is 1. The average molecular weight is 352 g/mol. The molecule has 0 aliphatic carbocycles. The van der Waals surface area contributed by atoms with Crippen LogP contribution in [0.4, 0.5) is 0 Å². The van der Waals surface area contributed by atoms with Crippen LogP contribution in [-0.4, -0.2) is 41.0 Å². The topological polar surface area (TPSA) is 69.6 Å². The zero-order valence-corrected chi connectivity index (χ0v) is 14.8. The molecular weight excluding hydrogens is 328 g/mol. The maximum atomic E-state index is 12.9. The van der Waals surface area contributed by atoms with Crippen molar-refractivity contribution in [1.29, 1.82) is 0 Å². The lowest BCUT2D eigenvalue weighted by Crippen LogP contribution is -2.45.